The van der Waals surface area contributed by atoms with Crippen LogP contribution in [0.2, 0.25) is 4.34 Å². The van der Waals surface area contributed by atoms with Gasteiger partial charge in [0.25, 0.3) is 0 Å². The number of rotatable bonds is 11. The number of hydrogen-bond acceptors (Lipinski definition) is 6. The normalized spacial score (nSPS) is 19.6. The van der Waals surface area contributed by atoms with E-state index in [1.165, 1.54) is 4.88 Å². The average Bonchev–Trinajstić information content (AvgIpc) is 3.27. The van der Waals surface area contributed by atoms with Gasteiger partial charge in [0.05, 0.1) is 23.1 Å². The van der Waals surface area contributed by atoms with E-state index in [4.69, 9.17) is 16.3 Å². The first-order valence-electron chi connectivity index (χ1n) is 12.2. The zero-order valence-electron chi connectivity index (χ0n) is 20.0. The van der Waals surface area contributed by atoms with E-state index >= 15 is 0 Å². The molecule has 1 aromatic carbocycles. The van der Waals surface area contributed by atoms with Gasteiger partial charge in [-0.15, -0.1) is 11.3 Å². The van der Waals surface area contributed by atoms with Crippen LogP contribution < -0.4 is 4.74 Å². The molecule has 0 aliphatic carbocycles. The third kappa shape index (κ3) is 6.94. The maximum absolute atomic E-state index is 11.6. The topological polar surface area (TPSA) is 82.9 Å². The number of ether oxygens (including phenoxy) is 1. The van der Waals surface area contributed by atoms with Crippen molar-refractivity contribution in [1.29, 1.82) is 0 Å². The summed E-state index contributed by atoms with van der Waals surface area (Å²) in [5.41, 5.74) is 1.67. The summed E-state index contributed by atoms with van der Waals surface area (Å²) in [5, 5.41) is 21.5. The summed E-state index contributed by atoms with van der Waals surface area (Å²) in [6.07, 6.45) is 5.66. The number of hydrogen-bond donors (Lipinski definition) is 2. The van der Waals surface area contributed by atoms with Crippen LogP contribution in [-0.2, 0) is 11.2 Å². The van der Waals surface area contributed by atoms with Crippen molar-refractivity contribution >= 4 is 39.8 Å². The summed E-state index contributed by atoms with van der Waals surface area (Å²) < 4.78 is 6.17. The molecule has 3 aromatic rings. The number of likely N-dealkylation sites (tertiary alicyclic amines) is 1. The summed E-state index contributed by atoms with van der Waals surface area (Å²) >= 11 is 7.66. The minimum absolute atomic E-state index is 0.0962. The Hall–Kier alpha value is -2.19. The minimum Gasteiger partial charge on any atom is -0.497 e. The maximum Gasteiger partial charge on any atom is 0.303 e. The number of aromatic nitrogens is 1. The van der Waals surface area contributed by atoms with Crippen LogP contribution in [0.3, 0.4) is 0 Å². The van der Waals surface area contributed by atoms with Gasteiger partial charge < -0.3 is 19.8 Å². The highest BCUT2D eigenvalue weighted by atomic mass is 35.5. The lowest BCUT2D eigenvalue weighted by atomic mass is 9.79. The molecule has 4 rings (SSSR count). The lowest BCUT2D eigenvalue weighted by Crippen LogP contribution is -2.42. The third-order valence-electron chi connectivity index (χ3n) is 7.09. The van der Waals surface area contributed by atoms with Gasteiger partial charge in [-0.25, -0.2) is 0 Å². The number of thiophene rings is 1. The number of aliphatic hydroxyl groups excluding tert-OH is 1. The van der Waals surface area contributed by atoms with E-state index in [0.29, 0.717) is 6.42 Å². The van der Waals surface area contributed by atoms with Crippen molar-refractivity contribution in [3.63, 3.8) is 0 Å². The van der Waals surface area contributed by atoms with Crippen molar-refractivity contribution in [3.8, 4) is 5.75 Å². The Morgan fingerprint density at radius 2 is 2.14 bits per heavy atom. The van der Waals surface area contributed by atoms with Gasteiger partial charge in [0, 0.05) is 29.4 Å². The number of methoxy groups -OCH3 is 1. The lowest BCUT2D eigenvalue weighted by Gasteiger charge is -2.38. The van der Waals surface area contributed by atoms with Gasteiger partial charge in [0.15, 0.2) is 0 Å². The highest BCUT2D eigenvalue weighted by Crippen LogP contribution is 2.35. The van der Waals surface area contributed by atoms with Crippen LogP contribution >= 0.6 is 22.9 Å². The van der Waals surface area contributed by atoms with E-state index in [0.717, 1.165) is 71.9 Å². The van der Waals surface area contributed by atoms with Crippen molar-refractivity contribution < 1.29 is 19.7 Å². The second kappa shape index (κ2) is 12.2. The molecule has 6 nitrogen and oxygen atoms in total. The third-order valence-corrected chi connectivity index (χ3v) is 8.38. The van der Waals surface area contributed by atoms with Gasteiger partial charge in [-0.05, 0) is 99.0 Å². The van der Waals surface area contributed by atoms with Crippen LogP contribution in [-0.4, -0.2) is 52.8 Å². The Kier molecular flexibility index (Phi) is 9.00. The number of aliphatic hydroxyl groups is 1. The number of pyridine rings is 1. The smallest absolute Gasteiger partial charge is 0.303 e. The Bertz CT molecular complexity index is 1140. The molecule has 2 aromatic heterocycles. The molecule has 3 atom stereocenters. The number of nitrogens with zero attached hydrogens (tertiary/aromatic N) is 2. The molecule has 1 aliphatic heterocycles. The summed E-state index contributed by atoms with van der Waals surface area (Å²) in [7, 11) is 1.63. The van der Waals surface area contributed by atoms with Gasteiger partial charge >= 0.3 is 5.97 Å². The molecule has 188 valence electrons. The van der Waals surface area contributed by atoms with Crippen molar-refractivity contribution in [1.82, 2.24) is 9.88 Å². The van der Waals surface area contributed by atoms with Crippen molar-refractivity contribution in [2.45, 2.75) is 44.6 Å². The van der Waals surface area contributed by atoms with E-state index in [-0.39, 0.29) is 18.3 Å². The van der Waals surface area contributed by atoms with E-state index in [1.54, 1.807) is 24.6 Å². The van der Waals surface area contributed by atoms with Crippen LogP contribution in [0.1, 0.15) is 48.6 Å². The summed E-state index contributed by atoms with van der Waals surface area (Å²) in [6.45, 7) is 2.73. The molecule has 2 N–H and O–H groups in total. The fourth-order valence-electron chi connectivity index (χ4n) is 5.25. The maximum atomic E-state index is 11.6. The van der Waals surface area contributed by atoms with Gasteiger partial charge in [-0.3, -0.25) is 9.78 Å². The number of halogens is 1. The first-order valence-corrected chi connectivity index (χ1v) is 13.4. The Morgan fingerprint density at radius 3 is 2.89 bits per heavy atom. The van der Waals surface area contributed by atoms with E-state index in [9.17, 15) is 15.0 Å². The fourth-order valence-corrected chi connectivity index (χ4v) is 6.38. The molecule has 1 saturated heterocycles. The highest BCUT2D eigenvalue weighted by molar-refractivity contribution is 7.16. The molecule has 1 fully saturated rings. The standard InChI is InChI=1S/C27H33ClN2O4S/c1-34-20-5-7-24-23(16-20)22(10-12-29-24)25(31)8-4-18-11-14-30(17-19(18)15-27(32)33)13-2-3-21-6-9-26(28)35-21/h5-7,9-10,12,16,18-19,25,31H,2-4,8,11,13-15,17H2,1H3,(H,32,33)/t18-,19+,25?/m1/s1. The van der Waals surface area contributed by atoms with E-state index in [1.807, 2.05) is 30.3 Å². The molecule has 1 aliphatic rings. The Morgan fingerprint density at radius 1 is 1.29 bits per heavy atom. The van der Waals surface area contributed by atoms with Crippen LogP contribution in [0.4, 0.5) is 0 Å². The molecule has 0 spiro atoms. The molecule has 1 unspecified atom stereocenters. The highest BCUT2D eigenvalue weighted by Gasteiger charge is 2.31. The zero-order chi connectivity index (χ0) is 24.8. The molecule has 0 radical (unpaired) electrons. The number of carboxylic acid groups (broad SMARTS) is 1. The number of aryl methyl sites for hydroxylation is 1. The first-order chi connectivity index (χ1) is 16.9. The second-order valence-corrected chi connectivity index (χ2v) is 11.2. The summed E-state index contributed by atoms with van der Waals surface area (Å²) in [6, 6.07) is 11.6. The second-order valence-electron chi connectivity index (χ2n) is 9.39. The molecule has 35 heavy (non-hydrogen) atoms. The van der Waals surface area contributed by atoms with Crippen LogP contribution in [0, 0.1) is 11.8 Å². The Balaban J connectivity index is 1.35. The number of benzene rings is 1. The van der Waals surface area contributed by atoms with Gasteiger partial charge in [0.2, 0.25) is 0 Å². The molecule has 0 saturated carbocycles. The van der Waals surface area contributed by atoms with E-state index in [2.05, 4.69) is 16.0 Å². The van der Waals surface area contributed by atoms with Crippen molar-refractivity contribution in [2.75, 3.05) is 26.7 Å². The SMILES string of the molecule is COc1ccc2nccc(C(O)CC[C@@H]3CCN(CCCc4ccc(Cl)s4)C[C@@H]3CC(=O)O)c2c1. The fraction of sp³-hybridized carbons (Fsp3) is 0.481. The van der Waals surface area contributed by atoms with Crippen LogP contribution in [0.5, 0.6) is 5.75 Å². The minimum atomic E-state index is -0.747. The average molecular weight is 517 g/mol. The monoisotopic (exact) mass is 516 g/mol. The predicted octanol–water partition coefficient (Wildman–Crippen LogP) is 5.82. The van der Waals surface area contributed by atoms with Crippen molar-refractivity contribution in [3.05, 3.63) is 57.4 Å². The van der Waals surface area contributed by atoms with Gasteiger partial charge in [0.1, 0.15) is 5.75 Å². The number of piperidine rings is 1. The number of fused-ring (bicyclic) bond motifs is 1. The molecular formula is C27H33ClN2O4S. The number of carbonyl (C=O) groups is 1. The lowest BCUT2D eigenvalue weighted by molar-refractivity contribution is -0.139. The molecule has 8 heteroatoms. The molecule has 3 heterocycles. The molecule has 0 bridgehead atoms. The number of carboxylic acids is 1. The zero-order valence-corrected chi connectivity index (χ0v) is 21.6. The quantitative estimate of drug-likeness (QED) is 0.334. The largest absolute Gasteiger partial charge is 0.497 e. The van der Waals surface area contributed by atoms with E-state index < -0.39 is 12.1 Å². The summed E-state index contributed by atoms with van der Waals surface area (Å²) in [5.74, 6) is 0.368. The number of aliphatic carboxylic acids is 1. The van der Waals surface area contributed by atoms with Gasteiger partial charge in [-0.1, -0.05) is 11.6 Å². The summed E-state index contributed by atoms with van der Waals surface area (Å²) in [4.78, 5) is 19.7. The molecule has 0 amide bonds. The first kappa shape index (κ1) is 25.9. The van der Waals surface area contributed by atoms with Crippen LogP contribution in [0.25, 0.3) is 10.9 Å². The predicted molar refractivity (Wildman–Crippen MR) is 140 cm³/mol. The van der Waals surface area contributed by atoms with Crippen molar-refractivity contribution in [2.24, 2.45) is 11.8 Å². The van der Waals surface area contributed by atoms with Crippen LogP contribution in [0.15, 0.2) is 42.6 Å². The molecular weight excluding hydrogens is 484 g/mol. The Labute approximate surface area is 215 Å². The van der Waals surface area contributed by atoms with Gasteiger partial charge in [-0.2, -0.15) is 0 Å².